The molecule has 0 aliphatic carbocycles. The van der Waals surface area contributed by atoms with Crippen LogP contribution in [-0.2, 0) is 4.79 Å². The molecule has 6 heteroatoms. The van der Waals surface area contributed by atoms with Gasteiger partial charge in [-0.1, -0.05) is 15.9 Å². The van der Waals surface area contributed by atoms with Crippen molar-refractivity contribution in [1.82, 2.24) is 5.43 Å². The van der Waals surface area contributed by atoms with E-state index in [-0.39, 0.29) is 5.91 Å². The van der Waals surface area contributed by atoms with Crippen LogP contribution in [0, 0.1) is 20.8 Å². The normalized spacial score (nSPS) is 11.1. The minimum absolute atomic E-state index is 0.149. The lowest BCUT2D eigenvalue weighted by molar-refractivity contribution is -0.118. The highest BCUT2D eigenvalue weighted by atomic mass is 79.9. The Hall–Kier alpha value is -1.53. The number of thioether (sulfide) groups is 1. The average Bonchev–Trinajstić information content (AvgIpc) is 2.87. The summed E-state index contributed by atoms with van der Waals surface area (Å²) in [6.07, 6.45) is 1.49. The number of hydrazone groups is 1. The summed E-state index contributed by atoms with van der Waals surface area (Å²) in [5.74, 6) is 1.59. The molecule has 0 spiro atoms. The number of benzene rings is 1. The molecule has 1 aromatic heterocycles. The second kappa shape index (κ2) is 7.65. The van der Waals surface area contributed by atoms with Crippen molar-refractivity contribution in [3.63, 3.8) is 0 Å². The summed E-state index contributed by atoms with van der Waals surface area (Å²) in [6, 6.07) is 7.78. The fourth-order valence-electron chi connectivity index (χ4n) is 1.78. The van der Waals surface area contributed by atoms with Crippen LogP contribution in [0.2, 0.25) is 0 Å². The Morgan fingerprint density at radius 3 is 2.77 bits per heavy atom. The van der Waals surface area contributed by atoms with Gasteiger partial charge in [0.2, 0.25) is 5.91 Å². The van der Waals surface area contributed by atoms with Crippen LogP contribution >= 0.6 is 27.7 Å². The number of rotatable bonds is 5. The highest BCUT2D eigenvalue weighted by Gasteiger charge is 2.06. The Bertz CT molecular complexity index is 710. The molecule has 1 heterocycles. The van der Waals surface area contributed by atoms with Crippen molar-refractivity contribution < 1.29 is 9.21 Å². The fraction of sp³-hybridized carbons (Fsp3) is 0.250. The van der Waals surface area contributed by atoms with Crippen LogP contribution in [-0.4, -0.2) is 17.9 Å². The van der Waals surface area contributed by atoms with Gasteiger partial charge in [-0.05, 0) is 56.2 Å². The molecular formula is C16H17BrN2O2S. The first-order valence-corrected chi connectivity index (χ1v) is 8.51. The number of carbonyl (C=O) groups excluding carboxylic acids is 1. The number of hydrogen-bond acceptors (Lipinski definition) is 4. The molecule has 0 unspecified atom stereocenters. The van der Waals surface area contributed by atoms with Crippen molar-refractivity contribution in [2.75, 3.05) is 5.75 Å². The number of halogens is 1. The van der Waals surface area contributed by atoms with Gasteiger partial charge in [0.15, 0.2) is 0 Å². The molecule has 0 radical (unpaired) electrons. The van der Waals surface area contributed by atoms with E-state index in [0.29, 0.717) is 11.5 Å². The molecule has 2 rings (SSSR count). The molecule has 1 N–H and O–H groups in total. The SMILES string of the molecule is Cc1ccc(C=NNC(=O)CSc2cc(C)c(Br)cc2C)o1. The Morgan fingerprint density at radius 2 is 2.09 bits per heavy atom. The van der Waals surface area contributed by atoms with Crippen LogP contribution in [0.25, 0.3) is 0 Å². The van der Waals surface area contributed by atoms with Crippen molar-refractivity contribution in [3.05, 3.63) is 51.4 Å². The number of amides is 1. The third-order valence-corrected chi connectivity index (χ3v) is 4.97. The zero-order chi connectivity index (χ0) is 16.1. The molecule has 2 aromatic rings. The molecule has 0 saturated heterocycles. The van der Waals surface area contributed by atoms with E-state index in [4.69, 9.17) is 4.42 Å². The van der Waals surface area contributed by atoms with Crippen molar-refractivity contribution >= 4 is 39.8 Å². The van der Waals surface area contributed by atoms with E-state index >= 15 is 0 Å². The number of nitrogens with one attached hydrogen (secondary N) is 1. The Morgan fingerprint density at radius 1 is 1.32 bits per heavy atom. The Balaban J connectivity index is 1.85. The molecule has 0 saturated carbocycles. The fourth-order valence-corrected chi connectivity index (χ4v) is 3.13. The topological polar surface area (TPSA) is 54.6 Å². The Labute approximate surface area is 142 Å². The molecule has 22 heavy (non-hydrogen) atoms. The first-order chi connectivity index (χ1) is 10.5. The quantitative estimate of drug-likeness (QED) is 0.480. The van der Waals surface area contributed by atoms with E-state index in [1.807, 2.05) is 26.8 Å². The van der Waals surface area contributed by atoms with E-state index in [1.165, 1.54) is 18.0 Å². The molecule has 0 aliphatic heterocycles. The summed E-state index contributed by atoms with van der Waals surface area (Å²) < 4.78 is 6.41. The average molecular weight is 381 g/mol. The molecular weight excluding hydrogens is 364 g/mol. The predicted octanol–water partition coefficient (Wildman–Crippen LogP) is 4.21. The van der Waals surface area contributed by atoms with Gasteiger partial charge in [-0.15, -0.1) is 11.8 Å². The maximum atomic E-state index is 11.8. The monoisotopic (exact) mass is 380 g/mol. The lowest BCUT2D eigenvalue weighted by Gasteiger charge is -2.08. The van der Waals surface area contributed by atoms with Crippen molar-refractivity contribution in [2.45, 2.75) is 25.7 Å². The predicted molar refractivity (Wildman–Crippen MR) is 93.5 cm³/mol. The van der Waals surface area contributed by atoms with Crippen LogP contribution in [0.15, 0.2) is 43.2 Å². The second-order valence-electron chi connectivity index (χ2n) is 4.90. The summed E-state index contributed by atoms with van der Waals surface area (Å²) in [5, 5.41) is 3.88. The molecule has 0 atom stereocenters. The van der Waals surface area contributed by atoms with Crippen molar-refractivity contribution in [1.29, 1.82) is 0 Å². The smallest absolute Gasteiger partial charge is 0.250 e. The van der Waals surface area contributed by atoms with Gasteiger partial charge in [-0.2, -0.15) is 5.10 Å². The lowest BCUT2D eigenvalue weighted by Crippen LogP contribution is -2.19. The first-order valence-electron chi connectivity index (χ1n) is 6.73. The summed E-state index contributed by atoms with van der Waals surface area (Å²) in [6.45, 7) is 5.92. The van der Waals surface area contributed by atoms with Crippen LogP contribution in [0.3, 0.4) is 0 Å². The van der Waals surface area contributed by atoms with Gasteiger partial charge >= 0.3 is 0 Å². The molecule has 0 fully saturated rings. The number of furan rings is 1. The minimum atomic E-state index is -0.149. The lowest BCUT2D eigenvalue weighted by atomic mass is 10.2. The molecule has 116 valence electrons. The summed E-state index contributed by atoms with van der Waals surface area (Å²) in [5.41, 5.74) is 4.79. The number of nitrogens with zero attached hydrogens (tertiary/aromatic N) is 1. The van der Waals surface area contributed by atoms with Gasteiger partial charge in [-0.3, -0.25) is 4.79 Å². The van der Waals surface area contributed by atoms with Gasteiger partial charge in [0.05, 0.1) is 12.0 Å². The first kappa shape index (κ1) is 16.8. The number of hydrogen-bond donors (Lipinski definition) is 1. The maximum Gasteiger partial charge on any atom is 0.250 e. The van der Waals surface area contributed by atoms with E-state index in [2.05, 4.69) is 38.6 Å². The standard InChI is InChI=1S/C16H17BrN2O2S/c1-10-7-15(11(2)6-14(10)17)22-9-16(20)19-18-8-13-5-4-12(3)21-13/h4-8H,9H2,1-3H3,(H,19,20). The van der Waals surface area contributed by atoms with Crippen LogP contribution < -0.4 is 5.43 Å². The highest BCUT2D eigenvalue weighted by Crippen LogP contribution is 2.28. The van der Waals surface area contributed by atoms with Crippen molar-refractivity contribution in [3.8, 4) is 0 Å². The maximum absolute atomic E-state index is 11.8. The van der Waals surface area contributed by atoms with Crippen LogP contribution in [0.5, 0.6) is 0 Å². The van der Waals surface area contributed by atoms with Gasteiger partial charge in [0.25, 0.3) is 0 Å². The van der Waals surface area contributed by atoms with Gasteiger partial charge in [0, 0.05) is 9.37 Å². The second-order valence-corrected chi connectivity index (χ2v) is 6.77. The van der Waals surface area contributed by atoms with E-state index in [1.54, 1.807) is 6.07 Å². The third kappa shape index (κ3) is 4.74. The zero-order valence-electron chi connectivity index (χ0n) is 12.6. The van der Waals surface area contributed by atoms with Gasteiger partial charge < -0.3 is 4.42 Å². The molecule has 0 bridgehead atoms. The van der Waals surface area contributed by atoms with Gasteiger partial charge in [-0.25, -0.2) is 5.43 Å². The van der Waals surface area contributed by atoms with E-state index < -0.39 is 0 Å². The Kier molecular flexibility index (Phi) is 5.85. The van der Waals surface area contributed by atoms with E-state index in [0.717, 1.165) is 26.3 Å². The molecule has 1 amide bonds. The summed E-state index contributed by atoms with van der Waals surface area (Å²) >= 11 is 5.00. The number of carbonyl (C=O) groups is 1. The number of aryl methyl sites for hydroxylation is 3. The van der Waals surface area contributed by atoms with Crippen molar-refractivity contribution in [2.24, 2.45) is 5.10 Å². The summed E-state index contributed by atoms with van der Waals surface area (Å²) in [7, 11) is 0. The molecule has 0 aliphatic rings. The van der Waals surface area contributed by atoms with E-state index in [9.17, 15) is 4.79 Å². The molecule has 4 nitrogen and oxygen atoms in total. The van der Waals surface area contributed by atoms with Crippen LogP contribution in [0.4, 0.5) is 0 Å². The molecule has 1 aromatic carbocycles. The third-order valence-electron chi connectivity index (χ3n) is 2.96. The summed E-state index contributed by atoms with van der Waals surface area (Å²) in [4.78, 5) is 12.9. The van der Waals surface area contributed by atoms with Crippen LogP contribution in [0.1, 0.15) is 22.6 Å². The highest BCUT2D eigenvalue weighted by molar-refractivity contribution is 9.10. The van der Waals surface area contributed by atoms with Gasteiger partial charge in [0.1, 0.15) is 11.5 Å². The largest absolute Gasteiger partial charge is 0.460 e. The zero-order valence-corrected chi connectivity index (χ0v) is 15.0. The minimum Gasteiger partial charge on any atom is -0.460 e.